The van der Waals surface area contributed by atoms with Crippen molar-refractivity contribution in [2.75, 3.05) is 0 Å². The number of carbonyl (C=O) groups is 1. The summed E-state index contributed by atoms with van der Waals surface area (Å²) >= 11 is 0. The van der Waals surface area contributed by atoms with Gasteiger partial charge in [0, 0.05) is 5.92 Å². The lowest BCUT2D eigenvalue weighted by Crippen LogP contribution is -2.20. The molecule has 0 aromatic carbocycles. The first-order valence-corrected chi connectivity index (χ1v) is 5.55. The van der Waals surface area contributed by atoms with Gasteiger partial charge in [0.15, 0.2) is 0 Å². The Morgan fingerprint density at radius 1 is 1.33 bits per heavy atom. The van der Waals surface area contributed by atoms with Crippen LogP contribution in [-0.2, 0) is 4.79 Å². The molecule has 2 rings (SSSR count). The SMILES string of the molecule is O=C(O)C1CCCCCC1c1ccco1. The smallest absolute Gasteiger partial charge is 0.307 e. The quantitative estimate of drug-likeness (QED) is 0.760. The summed E-state index contributed by atoms with van der Waals surface area (Å²) in [6.45, 7) is 0. The van der Waals surface area contributed by atoms with Crippen LogP contribution in [0.5, 0.6) is 0 Å². The van der Waals surface area contributed by atoms with E-state index in [-0.39, 0.29) is 11.8 Å². The lowest BCUT2D eigenvalue weighted by Gasteiger charge is -2.18. The van der Waals surface area contributed by atoms with Gasteiger partial charge in [0.2, 0.25) is 0 Å². The fourth-order valence-corrected chi connectivity index (χ4v) is 2.45. The predicted molar refractivity (Wildman–Crippen MR) is 55.7 cm³/mol. The summed E-state index contributed by atoms with van der Waals surface area (Å²) < 4.78 is 5.35. The van der Waals surface area contributed by atoms with E-state index in [2.05, 4.69) is 0 Å². The minimum Gasteiger partial charge on any atom is -0.481 e. The van der Waals surface area contributed by atoms with Gasteiger partial charge in [-0.1, -0.05) is 19.3 Å². The van der Waals surface area contributed by atoms with Crippen molar-refractivity contribution in [3.63, 3.8) is 0 Å². The van der Waals surface area contributed by atoms with Gasteiger partial charge in [-0.3, -0.25) is 4.79 Å². The molecular weight excluding hydrogens is 192 g/mol. The monoisotopic (exact) mass is 208 g/mol. The molecule has 1 aliphatic rings. The molecular formula is C12H16O3. The first kappa shape index (κ1) is 10.3. The second kappa shape index (κ2) is 4.51. The van der Waals surface area contributed by atoms with Gasteiger partial charge in [-0.05, 0) is 25.0 Å². The molecule has 0 saturated heterocycles. The van der Waals surface area contributed by atoms with Crippen molar-refractivity contribution in [2.45, 2.75) is 38.0 Å². The van der Waals surface area contributed by atoms with Crippen molar-refractivity contribution in [1.82, 2.24) is 0 Å². The molecule has 82 valence electrons. The van der Waals surface area contributed by atoms with Gasteiger partial charge in [0.05, 0.1) is 12.2 Å². The van der Waals surface area contributed by atoms with Crippen molar-refractivity contribution in [1.29, 1.82) is 0 Å². The fourth-order valence-electron chi connectivity index (χ4n) is 2.45. The van der Waals surface area contributed by atoms with Crippen LogP contribution in [-0.4, -0.2) is 11.1 Å². The van der Waals surface area contributed by atoms with E-state index in [1.54, 1.807) is 6.26 Å². The predicted octanol–water partition coefficient (Wildman–Crippen LogP) is 3.03. The zero-order valence-electron chi connectivity index (χ0n) is 8.69. The van der Waals surface area contributed by atoms with Crippen LogP contribution in [0.4, 0.5) is 0 Å². The summed E-state index contributed by atoms with van der Waals surface area (Å²) in [6.07, 6.45) is 6.61. The summed E-state index contributed by atoms with van der Waals surface area (Å²) in [6, 6.07) is 3.73. The third-order valence-corrected chi connectivity index (χ3v) is 3.24. The lowest BCUT2D eigenvalue weighted by molar-refractivity contribution is -0.143. The highest BCUT2D eigenvalue weighted by Gasteiger charge is 2.32. The topological polar surface area (TPSA) is 50.4 Å². The van der Waals surface area contributed by atoms with Crippen molar-refractivity contribution < 1.29 is 14.3 Å². The highest BCUT2D eigenvalue weighted by Crippen LogP contribution is 2.36. The number of carboxylic acid groups (broad SMARTS) is 1. The van der Waals surface area contributed by atoms with E-state index in [0.717, 1.165) is 37.9 Å². The van der Waals surface area contributed by atoms with Crippen LogP contribution in [0.15, 0.2) is 22.8 Å². The summed E-state index contributed by atoms with van der Waals surface area (Å²) in [7, 11) is 0. The van der Waals surface area contributed by atoms with Crippen molar-refractivity contribution in [2.24, 2.45) is 5.92 Å². The normalized spacial score (nSPS) is 27.2. The third-order valence-electron chi connectivity index (χ3n) is 3.24. The number of hydrogen-bond acceptors (Lipinski definition) is 2. The average molecular weight is 208 g/mol. The molecule has 0 bridgehead atoms. The Hall–Kier alpha value is -1.25. The van der Waals surface area contributed by atoms with Crippen LogP contribution in [0.1, 0.15) is 43.8 Å². The second-order valence-corrected chi connectivity index (χ2v) is 4.20. The first-order valence-electron chi connectivity index (χ1n) is 5.55. The summed E-state index contributed by atoms with van der Waals surface area (Å²) in [5, 5.41) is 9.19. The molecule has 2 atom stereocenters. The Bertz CT molecular complexity index is 316. The van der Waals surface area contributed by atoms with Crippen LogP contribution < -0.4 is 0 Å². The van der Waals surface area contributed by atoms with E-state index in [1.807, 2.05) is 12.1 Å². The van der Waals surface area contributed by atoms with Crippen molar-refractivity contribution >= 4 is 5.97 Å². The van der Waals surface area contributed by atoms with E-state index in [1.165, 1.54) is 0 Å². The van der Waals surface area contributed by atoms with E-state index in [4.69, 9.17) is 4.42 Å². The van der Waals surface area contributed by atoms with Gasteiger partial charge >= 0.3 is 5.97 Å². The maximum atomic E-state index is 11.2. The Labute approximate surface area is 89.1 Å². The highest BCUT2D eigenvalue weighted by molar-refractivity contribution is 5.71. The molecule has 0 amide bonds. The Kier molecular flexibility index (Phi) is 3.09. The molecule has 0 aliphatic heterocycles. The number of rotatable bonds is 2. The molecule has 0 spiro atoms. The van der Waals surface area contributed by atoms with Gasteiger partial charge < -0.3 is 9.52 Å². The van der Waals surface area contributed by atoms with Crippen LogP contribution in [0.3, 0.4) is 0 Å². The average Bonchev–Trinajstić information content (AvgIpc) is 2.61. The number of carboxylic acids is 1. The molecule has 1 aliphatic carbocycles. The maximum absolute atomic E-state index is 11.2. The maximum Gasteiger partial charge on any atom is 0.307 e. The van der Waals surface area contributed by atoms with Crippen LogP contribution in [0.25, 0.3) is 0 Å². The van der Waals surface area contributed by atoms with Crippen LogP contribution >= 0.6 is 0 Å². The zero-order chi connectivity index (χ0) is 10.7. The standard InChI is InChI=1S/C12H16O3/c13-12(14)10-6-3-1-2-5-9(10)11-7-4-8-15-11/h4,7-10H,1-3,5-6H2,(H,13,14). The second-order valence-electron chi connectivity index (χ2n) is 4.20. The summed E-state index contributed by atoms with van der Waals surface area (Å²) in [5.41, 5.74) is 0. The van der Waals surface area contributed by atoms with Gasteiger partial charge in [0.1, 0.15) is 5.76 Å². The molecule has 1 saturated carbocycles. The first-order chi connectivity index (χ1) is 7.29. The number of furan rings is 1. The number of aliphatic carboxylic acids is 1. The molecule has 0 radical (unpaired) electrons. The van der Waals surface area contributed by atoms with E-state index in [9.17, 15) is 9.90 Å². The van der Waals surface area contributed by atoms with Crippen molar-refractivity contribution in [3.05, 3.63) is 24.2 Å². The largest absolute Gasteiger partial charge is 0.481 e. The molecule has 2 unspecified atom stereocenters. The molecule has 1 N–H and O–H groups in total. The molecule has 3 nitrogen and oxygen atoms in total. The van der Waals surface area contributed by atoms with Gasteiger partial charge in [0.25, 0.3) is 0 Å². The molecule has 1 fully saturated rings. The Morgan fingerprint density at radius 2 is 2.13 bits per heavy atom. The van der Waals surface area contributed by atoms with Gasteiger partial charge in [-0.25, -0.2) is 0 Å². The molecule has 3 heteroatoms. The Morgan fingerprint density at radius 3 is 2.80 bits per heavy atom. The van der Waals surface area contributed by atoms with Gasteiger partial charge in [-0.15, -0.1) is 0 Å². The molecule has 1 aromatic heterocycles. The molecule has 1 aromatic rings. The highest BCUT2D eigenvalue weighted by atomic mass is 16.4. The van der Waals surface area contributed by atoms with E-state index >= 15 is 0 Å². The Balaban J connectivity index is 2.20. The van der Waals surface area contributed by atoms with Gasteiger partial charge in [-0.2, -0.15) is 0 Å². The fraction of sp³-hybridized carbons (Fsp3) is 0.583. The summed E-state index contributed by atoms with van der Waals surface area (Å²) in [4.78, 5) is 11.2. The lowest BCUT2D eigenvalue weighted by atomic mass is 9.86. The number of hydrogen-bond donors (Lipinski definition) is 1. The molecule has 1 heterocycles. The minimum absolute atomic E-state index is 0.0694. The van der Waals surface area contributed by atoms with Crippen LogP contribution in [0, 0.1) is 5.92 Å². The summed E-state index contributed by atoms with van der Waals surface area (Å²) in [5.74, 6) is -0.0405. The van der Waals surface area contributed by atoms with Crippen LogP contribution in [0.2, 0.25) is 0 Å². The zero-order valence-corrected chi connectivity index (χ0v) is 8.69. The minimum atomic E-state index is -0.682. The van der Waals surface area contributed by atoms with E-state index in [0.29, 0.717) is 0 Å². The third kappa shape index (κ3) is 2.22. The molecule has 15 heavy (non-hydrogen) atoms. The van der Waals surface area contributed by atoms with E-state index < -0.39 is 5.97 Å². The van der Waals surface area contributed by atoms with Crippen molar-refractivity contribution in [3.8, 4) is 0 Å².